The second-order valence-electron chi connectivity index (χ2n) is 6.26. The molecule has 3 aromatic heterocycles. The highest BCUT2D eigenvalue weighted by Gasteiger charge is 2.19. The third-order valence-electron chi connectivity index (χ3n) is 4.53. The molecule has 128 valence electrons. The molecule has 0 atom stereocenters. The molecule has 0 unspecified atom stereocenters. The highest BCUT2D eigenvalue weighted by molar-refractivity contribution is 5.40. The Morgan fingerprint density at radius 3 is 2.56 bits per heavy atom. The number of fused-ring (bicyclic) bond motifs is 1. The Morgan fingerprint density at radius 2 is 1.80 bits per heavy atom. The van der Waals surface area contributed by atoms with Crippen LogP contribution in [0.4, 0.5) is 5.95 Å². The van der Waals surface area contributed by atoms with Crippen molar-refractivity contribution in [1.82, 2.24) is 24.3 Å². The number of anilines is 1. The lowest BCUT2D eigenvalue weighted by Crippen LogP contribution is -2.46. The zero-order valence-corrected chi connectivity index (χ0v) is 14.2. The number of piperazine rings is 1. The molecule has 1 fully saturated rings. The van der Waals surface area contributed by atoms with Crippen LogP contribution in [0.1, 0.15) is 11.4 Å². The lowest BCUT2D eigenvalue weighted by molar-refractivity contribution is 0.246. The maximum absolute atomic E-state index is 12.4. The first-order chi connectivity index (χ1) is 12.2. The molecular weight excluding hydrogens is 316 g/mol. The molecule has 1 aliphatic rings. The minimum absolute atomic E-state index is 0.0191. The largest absolute Gasteiger partial charge is 0.338 e. The van der Waals surface area contributed by atoms with Gasteiger partial charge in [0.25, 0.3) is 5.56 Å². The summed E-state index contributed by atoms with van der Waals surface area (Å²) in [6.45, 7) is 6.13. The number of hydrogen-bond donors (Lipinski definition) is 0. The summed E-state index contributed by atoms with van der Waals surface area (Å²) in [6.07, 6.45) is 3.53. The van der Waals surface area contributed by atoms with Crippen LogP contribution in [0.3, 0.4) is 0 Å². The molecule has 7 heteroatoms. The van der Waals surface area contributed by atoms with Gasteiger partial charge in [0.2, 0.25) is 5.95 Å². The van der Waals surface area contributed by atoms with E-state index in [0.29, 0.717) is 12.2 Å². The fourth-order valence-corrected chi connectivity index (χ4v) is 3.23. The van der Waals surface area contributed by atoms with E-state index in [1.165, 1.54) is 0 Å². The first kappa shape index (κ1) is 15.7. The molecule has 0 radical (unpaired) electrons. The molecule has 4 heterocycles. The number of aryl methyl sites for hydroxylation is 1. The number of rotatable bonds is 3. The highest BCUT2D eigenvalue weighted by atomic mass is 16.1. The van der Waals surface area contributed by atoms with Gasteiger partial charge in [-0.2, -0.15) is 0 Å². The van der Waals surface area contributed by atoms with Crippen molar-refractivity contribution in [2.75, 3.05) is 31.1 Å². The lowest BCUT2D eigenvalue weighted by Gasteiger charge is -2.34. The van der Waals surface area contributed by atoms with Crippen LogP contribution in [0.2, 0.25) is 0 Å². The molecule has 1 aliphatic heterocycles. The molecule has 0 N–H and O–H groups in total. The van der Waals surface area contributed by atoms with Gasteiger partial charge in [0.15, 0.2) is 0 Å². The molecule has 7 nitrogen and oxygen atoms in total. The van der Waals surface area contributed by atoms with Gasteiger partial charge in [-0.05, 0) is 25.1 Å². The van der Waals surface area contributed by atoms with Crippen molar-refractivity contribution in [2.24, 2.45) is 0 Å². The number of pyridine rings is 1. The second-order valence-corrected chi connectivity index (χ2v) is 6.26. The molecule has 0 aliphatic carbocycles. The topological polar surface area (TPSA) is 66.6 Å². The Morgan fingerprint density at radius 1 is 1.04 bits per heavy atom. The summed E-state index contributed by atoms with van der Waals surface area (Å²) in [6, 6.07) is 9.20. The normalized spacial score (nSPS) is 15.6. The number of aromatic nitrogens is 4. The van der Waals surface area contributed by atoms with Crippen molar-refractivity contribution in [2.45, 2.75) is 13.5 Å². The summed E-state index contributed by atoms with van der Waals surface area (Å²) in [5.74, 6) is 0.777. The van der Waals surface area contributed by atoms with Crippen LogP contribution in [0.25, 0.3) is 5.65 Å². The average Bonchev–Trinajstić information content (AvgIpc) is 2.63. The van der Waals surface area contributed by atoms with E-state index >= 15 is 0 Å². The highest BCUT2D eigenvalue weighted by Crippen LogP contribution is 2.12. The zero-order valence-electron chi connectivity index (χ0n) is 14.2. The molecule has 0 saturated carbocycles. The summed E-state index contributed by atoms with van der Waals surface area (Å²) in [5.41, 5.74) is 2.41. The summed E-state index contributed by atoms with van der Waals surface area (Å²) in [5, 5.41) is 0. The molecule has 0 bridgehead atoms. The van der Waals surface area contributed by atoms with Gasteiger partial charge in [0.1, 0.15) is 5.65 Å². The van der Waals surface area contributed by atoms with Gasteiger partial charge in [-0.15, -0.1) is 0 Å². The third kappa shape index (κ3) is 3.23. The van der Waals surface area contributed by atoms with Crippen molar-refractivity contribution in [1.29, 1.82) is 0 Å². The second kappa shape index (κ2) is 6.60. The average molecular weight is 336 g/mol. The van der Waals surface area contributed by atoms with Gasteiger partial charge in [-0.1, -0.05) is 6.07 Å². The molecule has 1 saturated heterocycles. The smallest absolute Gasteiger partial charge is 0.258 e. The van der Waals surface area contributed by atoms with Gasteiger partial charge in [-0.3, -0.25) is 14.1 Å². The molecular formula is C18H20N6O. The van der Waals surface area contributed by atoms with E-state index in [0.717, 1.165) is 43.5 Å². The molecule has 0 amide bonds. The van der Waals surface area contributed by atoms with Crippen molar-refractivity contribution in [3.63, 3.8) is 0 Å². The fraction of sp³-hybridized carbons (Fsp3) is 0.333. The number of nitrogens with zero attached hydrogens (tertiary/aromatic N) is 6. The van der Waals surface area contributed by atoms with Crippen molar-refractivity contribution in [3.05, 3.63) is 64.5 Å². The van der Waals surface area contributed by atoms with Crippen molar-refractivity contribution >= 4 is 11.6 Å². The van der Waals surface area contributed by atoms with Gasteiger partial charge in [0, 0.05) is 56.9 Å². The maximum atomic E-state index is 12.4. The summed E-state index contributed by atoms with van der Waals surface area (Å²) >= 11 is 0. The van der Waals surface area contributed by atoms with Gasteiger partial charge < -0.3 is 4.90 Å². The molecule has 0 spiro atoms. The van der Waals surface area contributed by atoms with Crippen LogP contribution in [-0.4, -0.2) is 50.4 Å². The third-order valence-corrected chi connectivity index (χ3v) is 4.53. The van der Waals surface area contributed by atoms with E-state index < -0.39 is 0 Å². The SMILES string of the molecule is Cc1cccc2nc(CN3CCN(c4ncccn4)CC3)cc(=O)n12. The van der Waals surface area contributed by atoms with Crippen LogP contribution in [0.5, 0.6) is 0 Å². The fourth-order valence-electron chi connectivity index (χ4n) is 3.23. The predicted molar refractivity (Wildman–Crippen MR) is 95.7 cm³/mol. The standard InChI is InChI=1S/C18H20N6O/c1-14-4-2-5-16-21-15(12-17(25)24(14)16)13-22-8-10-23(11-9-22)18-19-6-3-7-20-18/h2-7,12H,8-11,13H2,1H3. The first-order valence-electron chi connectivity index (χ1n) is 8.43. The van der Waals surface area contributed by atoms with Gasteiger partial charge in [0.05, 0.1) is 5.69 Å². The van der Waals surface area contributed by atoms with E-state index in [-0.39, 0.29) is 5.56 Å². The summed E-state index contributed by atoms with van der Waals surface area (Å²) < 4.78 is 1.65. The van der Waals surface area contributed by atoms with Crippen LogP contribution in [-0.2, 0) is 6.54 Å². The lowest BCUT2D eigenvalue weighted by atomic mass is 10.2. The Labute approximate surface area is 145 Å². The molecule has 25 heavy (non-hydrogen) atoms. The predicted octanol–water partition coefficient (Wildman–Crippen LogP) is 1.12. The number of hydrogen-bond acceptors (Lipinski definition) is 6. The van der Waals surface area contributed by atoms with E-state index in [2.05, 4.69) is 24.8 Å². The molecule has 4 rings (SSSR count). The quantitative estimate of drug-likeness (QED) is 0.714. The Balaban J connectivity index is 1.47. The van der Waals surface area contributed by atoms with Crippen LogP contribution >= 0.6 is 0 Å². The van der Waals surface area contributed by atoms with Gasteiger partial charge >= 0.3 is 0 Å². The molecule has 0 aromatic carbocycles. The minimum Gasteiger partial charge on any atom is -0.338 e. The first-order valence-corrected chi connectivity index (χ1v) is 8.43. The van der Waals surface area contributed by atoms with Crippen molar-refractivity contribution < 1.29 is 0 Å². The van der Waals surface area contributed by atoms with Crippen LogP contribution in [0, 0.1) is 6.92 Å². The van der Waals surface area contributed by atoms with E-state index in [1.54, 1.807) is 22.9 Å². The monoisotopic (exact) mass is 336 g/mol. The summed E-state index contributed by atoms with van der Waals surface area (Å²) in [4.78, 5) is 30.1. The Kier molecular flexibility index (Phi) is 4.15. The van der Waals surface area contributed by atoms with E-state index in [1.807, 2.05) is 31.2 Å². The molecule has 3 aromatic rings. The maximum Gasteiger partial charge on any atom is 0.258 e. The van der Waals surface area contributed by atoms with Gasteiger partial charge in [-0.25, -0.2) is 15.0 Å². The zero-order chi connectivity index (χ0) is 17.2. The Bertz CT molecular complexity index is 931. The Hall–Kier alpha value is -2.80. The van der Waals surface area contributed by atoms with Crippen molar-refractivity contribution in [3.8, 4) is 0 Å². The van der Waals surface area contributed by atoms with Crippen LogP contribution < -0.4 is 10.5 Å². The van der Waals surface area contributed by atoms with Crippen LogP contribution in [0.15, 0.2) is 47.5 Å². The summed E-state index contributed by atoms with van der Waals surface area (Å²) in [7, 11) is 0. The van der Waals surface area contributed by atoms with E-state index in [4.69, 9.17) is 0 Å². The minimum atomic E-state index is -0.0191. The van der Waals surface area contributed by atoms with E-state index in [9.17, 15) is 4.79 Å².